The number of rotatable bonds is 5. The normalized spacial score (nSPS) is 12.9. The van der Waals surface area contributed by atoms with E-state index in [0.29, 0.717) is 5.02 Å². The van der Waals surface area contributed by atoms with E-state index in [1.807, 2.05) is 43.3 Å². The third-order valence-electron chi connectivity index (χ3n) is 2.10. The maximum Gasteiger partial charge on any atom is 0.110 e. The number of benzene rings is 1. The third kappa shape index (κ3) is 4.26. The van der Waals surface area contributed by atoms with Crippen molar-refractivity contribution in [1.29, 1.82) is 0 Å². The lowest BCUT2D eigenvalue weighted by atomic mass is 10.1. The molecule has 0 amide bonds. The molecule has 0 fully saturated rings. The summed E-state index contributed by atoms with van der Waals surface area (Å²) in [6, 6.07) is 7.25. The minimum atomic E-state index is -0.217. The van der Waals surface area contributed by atoms with Crippen LogP contribution in [-0.2, 0) is 0 Å². The summed E-state index contributed by atoms with van der Waals surface area (Å²) in [5.74, 6) is 0. The van der Waals surface area contributed by atoms with Gasteiger partial charge in [0.25, 0.3) is 0 Å². The lowest BCUT2D eigenvalue weighted by Crippen LogP contribution is -1.96. The molecule has 0 aliphatic carbocycles. The highest BCUT2D eigenvalue weighted by atomic mass is 35.5. The molecular weight excluding hydrogens is 210 g/mol. The molecule has 80 valence electrons. The topological polar surface area (TPSA) is 29.4 Å². The molecule has 0 bridgehead atoms. The van der Waals surface area contributed by atoms with Crippen molar-refractivity contribution in [2.45, 2.75) is 25.8 Å². The second-order valence-corrected chi connectivity index (χ2v) is 3.81. The second-order valence-electron chi connectivity index (χ2n) is 3.37. The van der Waals surface area contributed by atoms with Crippen molar-refractivity contribution in [3.63, 3.8) is 0 Å². The van der Waals surface area contributed by atoms with Crippen LogP contribution in [0.4, 0.5) is 0 Å². The largest absolute Gasteiger partial charge is 0.150 e. The van der Waals surface area contributed by atoms with Gasteiger partial charge >= 0.3 is 0 Å². The summed E-state index contributed by atoms with van der Waals surface area (Å²) in [5.41, 5.74) is 1.03. The molecule has 1 atom stereocenters. The van der Waals surface area contributed by atoms with E-state index in [1.165, 1.54) is 0 Å². The zero-order valence-corrected chi connectivity index (χ0v) is 9.45. The summed E-state index contributed by atoms with van der Waals surface area (Å²) >= 11 is 5.76. The van der Waals surface area contributed by atoms with Crippen LogP contribution in [0.2, 0.25) is 5.02 Å². The molecule has 0 N–H and O–H groups in total. The van der Waals surface area contributed by atoms with Crippen LogP contribution in [0.3, 0.4) is 0 Å². The first-order valence-electron chi connectivity index (χ1n) is 5.02. The summed E-state index contributed by atoms with van der Waals surface area (Å²) < 4.78 is 0. The van der Waals surface area contributed by atoms with Crippen LogP contribution < -0.4 is 0 Å². The molecule has 1 unspecified atom stereocenters. The minimum absolute atomic E-state index is 0.217. The molecule has 0 spiro atoms. The van der Waals surface area contributed by atoms with Crippen LogP contribution in [0, 0.1) is 4.91 Å². The van der Waals surface area contributed by atoms with Crippen molar-refractivity contribution in [1.82, 2.24) is 0 Å². The van der Waals surface area contributed by atoms with E-state index in [9.17, 15) is 4.91 Å². The molecule has 15 heavy (non-hydrogen) atoms. The van der Waals surface area contributed by atoms with Crippen LogP contribution in [0.25, 0.3) is 6.08 Å². The van der Waals surface area contributed by atoms with Gasteiger partial charge in [-0.05, 0) is 24.1 Å². The van der Waals surface area contributed by atoms with Crippen molar-refractivity contribution >= 4 is 17.7 Å². The predicted octanol–water partition coefficient (Wildman–Crippen LogP) is 4.29. The predicted molar refractivity (Wildman–Crippen MR) is 65.0 cm³/mol. The Morgan fingerprint density at radius 2 is 2.07 bits per heavy atom. The maximum absolute atomic E-state index is 10.4. The summed E-state index contributed by atoms with van der Waals surface area (Å²) in [7, 11) is 0. The van der Waals surface area contributed by atoms with Crippen LogP contribution >= 0.6 is 11.6 Å². The Bertz CT molecular complexity index is 332. The molecule has 0 heterocycles. The maximum atomic E-state index is 10.4. The van der Waals surface area contributed by atoms with Crippen LogP contribution in [0.5, 0.6) is 0 Å². The second kappa shape index (κ2) is 6.36. The lowest BCUT2D eigenvalue weighted by Gasteiger charge is -2.00. The third-order valence-corrected chi connectivity index (χ3v) is 2.35. The minimum Gasteiger partial charge on any atom is -0.150 e. The van der Waals surface area contributed by atoms with Gasteiger partial charge in [0, 0.05) is 5.02 Å². The van der Waals surface area contributed by atoms with Gasteiger partial charge < -0.3 is 0 Å². The van der Waals surface area contributed by atoms with E-state index < -0.39 is 0 Å². The molecule has 0 saturated carbocycles. The lowest BCUT2D eigenvalue weighted by molar-refractivity contribution is 0.703. The number of nitrogens with zero attached hydrogens (tertiary/aromatic N) is 1. The van der Waals surface area contributed by atoms with Crippen molar-refractivity contribution in [3.05, 3.63) is 45.8 Å². The van der Waals surface area contributed by atoms with Gasteiger partial charge in [-0.2, -0.15) is 4.91 Å². The van der Waals surface area contributed by atoms with E-state index >= 15 is 0 Å². The van der Waals surface area contributed by atoms with E-state index in [2.05, 4.69) is 5.18 Å². The van der Waals surface area contributed by atoms with E-state index in [-0.39, 0.29) is 6.04 Å². The van der Waals surface area contributed by atoms with Gasteiger partial charge in [-0.25, -0.2) is 0 Å². The number of halogens is 1. The first-order chi connectivity index (χ1) is 7.26. The molecule has 1 aromatic carbocycles. The summed E-state index contributed by atoms with van der Waals surface area (Å²) in [5, 5.41) is 3.76. The van der Waals surface area contributed by atoms with Crippen LogP contribution in [-0.4, -0.2) is 6.04 Å². The van der Waals surface area contributed by atoms with Gasteiger partial charge in [-0.15, -0.1) is 0 Å². The molecule has 1 rings (SSSR count). The number of hydrogen-bond donors (Lipinski definition) is 0. The average molecular weight is 224 g/mol. The fourth-order valence-corrected chi connectivity index (χ4v) is 1.40. The average Bonchev–Trinajstić information content (AvgIpc) is 2.26. The summed E-state index contributed by atoms with van der Waals surface area (Å²) in [4.78, 5) is 10.4. The standard InChI is InChI=1S/C12H14ClNO/c1-2-3-12(14-15)9-6-10-4-7-11(13)8-5-10/h4-9,12H,2-3H2,1H3. The van der Waals surface area contributed by atoms with Gasteiger partial charge in [0.1, 0.15) is 6.04 Å². The summed E-state index contributed by atoms with van der Waals surface area (Å²) in [6.07, 6.45) is 5.49. The molecule has 0 aliphatic rings. The highest BCUT2D eigenvalue weighted by molar-refractivity contribution is 6.30. The first-order valence-corrected chi connectivity index (χ1v) is 5.40. The van der Waals surface area contributed by atoms with Gasteiger partial charge in [0.15, 0.2) is 0 Å². The smallest absolute Gasteiger partial charge is 0.110 e. The zero-order chi connectivity index (χ0) is 11.1. The van der Waals surface area contributed by atoms with Crippen molar-refractivity contribution in [2.24, 2.45) is 5.18 Å². The van der Waals surface area contributed by atoms with E-state index in [0.717, 1.165) is 18.4 Å². The number of hydrogen-bond acceptors (Lipinski definition) is 2. The zero-order valence-electron chi connectivity index (χ0n) is 8.69. The summed E-state index contributed by atoms with van der Waals surface area (Å²) in [6.45, 7) is 2.04. The van der Waals surface area contributed by atoms with Gasteiger partial charge in [-0.1, -0.05) is 54.4 Å². The highest BCUT2D eigenvalue weighted by Crippen LogP contribution is 2.12. The molecule has 1 aromatic rings. The van der Waals surface area contributed by atoms with Gasteiger partial charge in [0.2, 0.25) is 0 Å². The molecule has 0 radical (unpaired) electrons. The molecular formula is C12H14ClNO. The van der Waals surface area contributed by atoms with Crippen LogP contribution in [0.1, 0.15) is 25.3 Å². The molecule has 2 nitrogen and oxygen atoms in total. The van der Waals surface area contributed by atoms with Crippen molar-refractivity contribution in [2.75, 3.05) is 0 Å². The monoisotopic (exact) mass is 223 g/mol. The van der Waals surface area contributed by atoms with E-state index in [1.54, 1.807) is 0 Å². The molecule has 0 aliphatic heterocycles. The van der Waals surface area contributed by atoms with Crippen molar-refractivity contribution in [3.8, 4) is 0 Å². The molecule has 3 heteroatoms. The Morgan fingerprint density at radius 3 is 2.60 bits per heavy atom. The first kappa shape index (κ1) is 11.9. The fourth-order valence-electron chi connectivity index (χ4n) is 1.28. The quantitative estimate of drug-likeness (QED) is 0.685. The Hall–Kier alpha value is -1.15. The SMILES string of the molecule is CCCC(C=Cc1ccc(Cl)cc1)N=O. The Labute approximate surface area is 94.9 Å². The number of nitroso groups, excluding NO2 is 1. The van der Waals surface area contributed by atoms with Gasteiger partial charge in [0.05, 0.1) is 0 Å². The molecule has 0 saturated heterocycles. The van der Waals surface area contributed by atoms with E-state index in [4.69, 9.17) is 11.6 Å². The Morgan fingerprint density at radius 1 is 1.40 bits per heavy atom. The highest BCUT2D eigenvalue weighted by Gasteiger charge is 2.00. The Kier molecular flexibility index (Phi) is 5.05. The van der Waals surface area contributed by atoms with Crippen LogP contribution in [0.15, 0.2) is 35.5 Å². The van der Waals surface area contributed by atoms with Crippen molar-refractivity contribution < 1.29 is 0 Å². The fraction of sp³-hybridized carbons (Fsp3) is 0.333. The van der Waals surface area contributed by atoms with Gasteiger partial charge in [-0.3, -0.25) is 0 Å². The molecule has 0 aromatic heterocycles. The Balaban J connectivity index is 2.63.